The Hall–Kier alpha value is -3.32. The number of pyridine rings is 1. The highest BCUT2D eigenvalue weighted by Crippen LogP contribution is 2.31. The quantitative estimate of drug-likeness (QED) is 0.374. The zero-order valence-electron chi connectivity index (χ0n) is 17.0. The average molecular weight is 480 g/mol. The standard InChI is InChI=1S/C24H22BrN3O3/c1-30-21-11-10-18(27-24(29)12-9-17-6-2-3-7-20(17)25)14-22(21)31-16-19-15-28-13-5-4-8-23(28)26-19/h2-8,10-11,13-15H,9,12,16H2,1H3,(H,27,29). The molecule has 2 heterocycles. The van der Waals surface area contributed by atoms with E-state index in [1.807, 2.05) is 59.3 Å². The van der Waals surface area contributed by atoms with Gasteiger partial charge in [0.1, 0.15) is 12.3 Å². The molecule has 7 heteroatoms. The molecule has 0 spiro atoms. The molecule has 31 heavy (non-hydrogen) atoms. The number of nitrogens with zero attached hydrogens (tertiary/aromatic N) is 2. The maximum Gasteiger partial charge on any atom is 0.224 e. The van der Waals surface area contributed by atoms with E-state index in [9.17, 15) is 4.79 Å². The number of hydrogen-bond donors (Lipinski definition) is 1. The number of ether oxygens (including phenoxy) is 2. The van der Waals surface area contributed by atoms with Gasteiger partial charge in [-0.2, -0.15) is 0 Å². The number of carbonyl (C=O) groups is 1. The Bertz CT molecular complexity index is 1170. The van der Waals surface area contributed by atoms with Crippen LogP contribution in [0.2, 0.25) is 0 Å². The fourth-order valence-corrected chi connectivity index (χ4v) is 3.73. The lowest BCUT2D eigenvalue weighted by Crippen LogP contribution is -2.12. The molecule has 0 saturated heterocycles. The molecule has 1 N–H and O–H groups in total. The summed E-state index contributed by atoms with van der Waals surface area (Å²) in [5, 5.41) is 2.93. The number of aromatic nitrogens is 2. The summed E-state index contributed by atoms with van der Waals surface area (Å²) in [6.07, 6.45) is 4.90. The van der Waals surface area contributed by atoms with Crippen LogP contribution < -0.4 is 14.8 Å². The normalized spacial score (nSPS) is 10.8. The van der Waals surface area contributed by atoms with Crippen molar-refractivity contribution >= 4 is 33.2 Å². The summed E-state index contributed by atoms with van der Waals surface area (Å²) in [4.78, 5) is 17.0. The Labute approximate surface area is 189 Å². The van der Waals surface area contributed by atoms with Crippen LogP contribution in [0.15, 0.2) is 77.5 Å². The van der Waals surface area contributed by atoms with Crippen LogP contribution in [0.4, 0.5) is 5.69 Å². The first kappa shape index (κ1) is 20.9. The number of aryl methyl sites for hydroxylation is 1. The zero-order chi connectivity index (χ0) is 21.6. The first-order valence-corrected chi connectivity index (χ1v) is 10.7. The molecule has 0 unspecified atom stereocenters. The second kappa shape index (κ2) is 9.66. The van der Waals surface area contributed by atoms with Gasteiger partial charge in [0.2, 0.25) is 5.91 Å². The Morgan fingerprint density at radius 3 is 2.74 bits per heavy atom. The number of amides is 1. The van der Waals surface area contributed by atoms with E-state index in [1.54, 1.807) is 25.3 Å². The lowest BCUT2D eigenvalue weighted by molar-refractivity contribution is -0.116. The van der Waals surface area contributed by atoms with Crippen molar-refractivity contribution in [3.63, 3.8) is 0 Å². The van der Waals surface area contributed by atoms with Gasteiger partial charge in [-0.1, -0.05) is 40.2 Å². The monoisotopic (exact) mass is 479 g/mol. The summed E-state index contributed by atoms with van der Waals surface area (Å²) in [6.45, 7) is 0.289. The first-order valence-electron chi connectivity index (χ1n) is 9.89. The van der Waals surface area contributed by atoms with Gasteiger partial charge < -0.3 is 19.2 Å². The second-order valence-corrected chi connectivity index (χ2v) is 7.85. The van der Waals surface area contributed by atoms with Crippen molar-refractivity contribution in [3.8, 4) is 11.5 Å². The summed E-state index contributed by atoms with van der Waals surface area (Å²) >= 11 is 3.52. The Kier molecular flexibility index (Phi) is 6.52. The second-order valence-electron chi connectivity index (χ2n) is 6.99. The van der Waals surface area contributed by atoms with Gasteiger partial charge in [0.15, 0.2) is 11.5 Å². The van der Waals surface area contributed by atoms with Crippen molar-refractivity contribution < 1.29 is 14.3 Å². The molecule has 0 aliphatic rings. The van der Waals surface area contributed by atoms with Gasteiger partial charge in [0.05, 0.1) is 12.8 Å². The van der Waals surface area contributed by atoms with Crippen molar-refractivity contribution in [2.45, 2.75) is 19.4 Å². The molecule has 0 aliphatic carbocycles. The summed E-state index contributed by atoms with van der Waals surface area (Å²) in [6, 6.07) is 19.1. The van der Waals surface area contributed by atoms with Crippen LogP contribution in [0.3, 0.4) is 0 Å². The van der Waals surface area contributed by atoms with Gasteiger partial charge in [-0.3, -0.25) is 4.79 Å². The molecule has 0 aliphatic heterocycles. The van der Waals surface area contributed by atoms with Crippen LogP contribution in [0, 0.1) is 0 Å². The maximum absolute atomic E-state index is 12.4. The predicted molar refractivity (Wildman–Crippen MR) is 124 cm³/mol. The topological polar surface area (TPSA) is 64.9 Å². The SMILES string of the molecule is COc1ccc(NC(=O)CCc2ccccc2Br)cc1OCc1cn2ccccc2n1. The summed E-state index contributed by atoms with van der Waals surface area (Å²) < 4.78 is 14.3. The summed E-state index contributed by atoms with van der Waals surface area (Å²) in [5.41, 5.74) is 3.42. The van der Waals surface area contributed by atoms with Crippen LogP contribution in [-0.2, 0) is 17.8 Å². The molecule has 6 nitrogen and oxygen atoms in total. The number of benzene rings is 2. The number of rotatable bonds is 8. The third kappa shape index (κ3) is 5.24. The molecule has 0 saturated carbocycles. The molecular weight excluding hydrogens is 458 g/mol. The summed E-state index contributed by atoms with van der Waals surface area (Å²) in [5.74, 6) is 1.07. The van der Waals surface area contributed by atoms with E-state index in [0.717, 1.165) is 21.4 Å². The number of hydrogen-bond acceptors (Lipinski definition) is 4. The Balaban J connectivity index is 1.40. The molecule has 1 amide bonds. The average Bonchev–Trinajstić information content (AvgIpc) is 3.20. The molecule has 4 aromatic rings. The minimum absolute atomic E-state index is 0.0628. The fourth-order valence-electron chi connectivity index (χ4n) is 3.25. The van der Waals surface area contributed by atoms with Crippen LogP contribution in [0.5, 0.6) is 11.5 Å². The number of carbonyl (C=O) groups excluding carboxylic acids is 1. The van der Waals surface area contributed by atoms with Gasteiger partial charge in [-0.05, 0) is 42.3 Å². The van der Waals surface area contributed by atoms with Gasteiger partial charge >= 0.3 is 0 Å². The third-order valence-corrected chi connectivity index (χ3v) is 5.59. The minimum atomic E-state index is -0.0628. The van der Waals surface area contributed by atoms with Crippen molar-refractivity contribution in [2.24, 2.45) is 0 Å². The van der Waals surface area contributed by atoms with Crippen molar-refractivity contribution in [2.75, 3.05) is 12.4 Å². The highest BCUT2D eigenvalue weighted by Gasteiger charge is 2.11. The van der Waals surface area contributed by atoms with E-state index in [0.29, 0.717) is 30.0 Å². The van der Waals surface area contributed by atoms with Crippen LogP contribution >= 0.6 is 15.9 Å². The lowest BCUT2D eigenvalue weighted by atomic mass is 10.1. The van der Waals surface area contributed by atoms with Gasteiger partial charge in [-0.15, -0.1) is 0 Å². The molecule has 0 bridgehead atoms. The van der Waals surface area contributed by atoms with E-state index in [2.05, 4.69) is 26.2 Å². The van der Waals surface area contributed by atoms with E-state index < -0.39 is 0 Å². The number of methoxy groups -OCH3 is 1. The van der Waals surface area contributed by atoms with Crippen molar-refractivity contribution in [3.05, 3.63) is 88.8 Å². The van der Waals surface area contributed by atoms with E-state index in [1.165, 1.54) is 0 Å². The molecule has 158 valence electrons. The van der Waals surface area contributed by atoms with Crippen LogP contribution in [-0.4, -0.2) is 22.4 Å². The molecule has 0 radical (unpaired) electrons. The minimum Gasteiger partial charge on any atom is -0.493 e. The number of imidazole rings is 1. The molecule has 0 fully saturated rings. The number of nitrogens with one attached hydrogen (secondary N) is 1. The molecular formula is C24H22BrN3O3. The van der Waals surface area contributed by atoms with Gasteiger partial charge in [0.25, 0.3) is 0 Å². The number of fused-ring (bicyclic) bond motifs is 1. The van der Waals surface area contributed by atoms with Crippen LogP contribution in [0.25, 0.3) is 5.65 Å². The van der Waals surface area contributed by atoms with Crippen molar-refractivity contribution in [1.29, 1.82) is 0 Å². The fraction of sp³-hybridized carbons (Fsp3) is 0.167. The molecule has 0 atom stereocenters. The zero-order valence-corrected chi connectivity index (χ0v) is 18.6. The largest absolute Gasteiger partial charge is 0.493 e. The van der Waals surface area contributed by atoms with E-state index in [4.69, 9.17) is 9.47 Å². The van der Waals surface area contributed by atoms with Crippen molar-refractivity contribution in [1.82, 2.24) is 9.38 Å². The molecule has 2 aromatic carbocycles. The molecule has 2 aromatic heterocycles. The Morgan fingerprint density at radius 1 is 1.10 bits per heavy atom. The number of halogens is 1. The third-order valence-electron chi connectivity index (χ3n) is 4.82. The highest BCUT2D eigenvalue weighted by molar-refractivity contribution is 9.10. The van der Waals surface area contributed by atoms with Gasteiger partial charge in [0, 0.05) is 35.0 Å². The van der Waals surface area contributed by atoms with E-state index in [-0.39, 0.29) is 12.5 Å². The first-order chi connectivity index (χ1) is 15.1. The van der Waals surface area contributed by atoms with Crippen LogP contribution in [0.1, 0.15) is 17.7 Å². The van der Waals surface area contributed by atoms with E-state index >= 15 is 0 Å². The Morgan fingerprint density at radius 2 is 1.94 bits per heavy atom. The highest BCUT2D eigenvalue weighted by atomic mass is 79.9. The maximum atomic E-state index is 12.4. The lowest BCUT2D eigenvalue weighted by Gasteiger charge is -2.12. The predicted octanol–water partition coefficient (Wildman–Crippen LogP) is 5.26. The van der Waals surface area contributed by atoms with Gasteiger partial charge in [-0.25, -0.2) is 4.98 Å². The smallest absolute Gasteiger partial charge is 0.224 e. The summed E-state index contributed by atoms with van der Waals surface area (Å²) in [7, 11) is 1.59. The molecule has 4 rings (SSSR count). The number of anilines is 1.